The van der Waals surface area contributed by atoms with Gasteiger partial charge in [-0.15, -0.1) is 0 Å². The zero-order valence-electron chi connectivity index (χ0n) is 21.6. The Morgan fingerprint density at radius 1 is 0.475 bits per heavy atom. The maximum Gasteiger partial charge on any atom is 0.164 e. The number of hydrogen-bond acceptors (Lipinski definition) is 2. The van der Waals surface area contributed by atoms with E-state index < -0.39 is 0 Å². The highest BCUT2D eigenvalue weighted by Gasteiger charge is 2.21. The van der Waals surface area contributed by atoms with Gasteiger partial charge < -0.3 is 4.57 Å². The Balaban J connectivity index is 1.48. The molecule has 0 fully saturated rings. The average molecular weight is 513 g/mol. The molecule has 0 saturated carbocycles. The zero-order valence-corrected chi connectivity index (χ0v) is 21.6. The van der Waals surface area contributed by atoms with Crippen LogP contribution >= 0.6 is 0 Å². The van der Waals surface area contributed by atoms with Gasteiger partial charge in [-0.3, -0.25) is 9.55 Å². The van der Waals surface area contributed by atoms with E-state index in [0.29, 0.717) is 0 Å². The third-order valence-corrected chi connectivity index (χ3v) is 7.58. The summed E-state index contributed by atoms with van der Waals surface area (Å²) in [6.07, 6.45) is 1.83. The van der Waals surface area contributed by atoms with E-state index in [1.54, 1.807) is 0 Å². The molecule has 0 aliphatic heterocycles. The van der Waals surface area contributed by atoms with E-state index in [9.17, 15) is 0 Å². The fourth-order valence-electron chi connectivity index (χ4n) is 5.83. The molecule has 8 aromatic rings. The Kier molecular flexibility index (Phi) is 5.10. The highest BCUT2D eigenvalue weighted by molar-refractivity contribution is 6.20. The fourth-order valence-corrected chi connectivity index (χ4v) is 5.83. The van der Waals surface area contributed by atoms with E-state index in [1.807, 2.05) is 30.5 Å². The van der Waals surface area contributed by atoms with E-state index in [4.69, 9.17) is 9.97 Å². The maximum atomic E-state index is 5.33. The monoisotopic (exact) mass is 512 g/mol. The molecule has 4 heteroatoms. The van der Waals surface area contributed by atoms with Crippen LogP contribution in [0.5, 0.6) is 0 Å². The summed E-state index contributed by atoms with van der Waals surface area (Å²) in [6, 6.07) is 48.7. The van der Waals surface area contributed by atoms with Gasteiger partial charge in [0.15, 0.2) is 5.82 Å². The van der Waals surface area contributed by atoms with Gasteiger partial charge in [-0.1, -0.05) is 84.9 Å². The van der Waals surface area contributed by atoms with E-state index in [1.165, 1.54) is 10.9 Å². The molecule has 0 aliphatic carbocycles. The Hall–Kier alpha value is -5.48. The van der Waals surface area contributed by atoms with Gasteiger partial charge in [0.2, 0.25) is 0 Å². The molecule has 40 heavy (non-hydrogen) atoms. The van der Waals surface area contributed by atoms with Gasteiger partial charge in [-0.2, -0.15) is 0 Å². The third-order valence-electron chi connectivity index (χ3n) is 7.58. The van der Waals surface area contributed by atoms with Gasteiger partial charge in [0, 0.05) is 28.3 Å². The van der Waals surface area contributed by atoms with Gasteiger partial charge in [-0.25, -0.2) is 4.98 Å². The summed E-state index contributed by atoms with van der Waals surface area (Å²) in [6.45, 7) is 0. The summed E-state index contributed by atoms with van der Waals surface area (Å²) in [5.41, 5.74) is 9.68. The second-order valence-electron chi connectivity index (χ2n) is 9.92. The lowest BCUT2D eigenvalue weighted by molar-refractivity contribution is 1.08. The van der Waals surface area contributed by atoms with Crippen molar-refractivity contribution in [3.8, 4) is 34.0 Å². The van der Waals surface area contributed by atoms with Crippen LogP contribution in [0.2, 0.25) is 0 Å². The Labute approximate surface area is 231 Å². The molecule has 188 valence electrons. The van der Waals surface area contributed by atoms with Gasteiger partial charge in [0.1, 0.15) is 5.69 Å². The van der Waals surface area contributed by atoms with E-state index in [0.717, 1.165) is 55.9 Å². The van der Waals surface area contributed by atoms with Crippen LogP contribution in [-0.4, -0.2) is 19.1 Å². The van der Waals surface area contributed by atoms with Crippen LogP contribution in [0, 0.1) is 0 Å². The summed E-state index contributed by atoms with van der Waals surface area (Å²) >= 11 is 0. The number of aromatic nitrogens is 4. The molecule has 0 bridgehead atoms. The van der Waals surface area contributed by atoms with Crippen LogP contribution < -0.4 is 0 Å². The largest absolute Gasteiger partial charge is 0.309 e. The average Bonchev–Trinajstić information content (AvgIpc) is 3.59. The summed E-state index contributed by atoms with van der Waals surface area (Å²) in [5.74, 6) is 0.824. The quantitative estimate of drug-likeness (QED) is 0.236. The molecule has 0 spiro atoms. The Morgan fingerprint density at radius 2 is 1.18 bits per heavy atom. The van der Waals surface area contributed by atoms with Crippen LogP contribution in [-0.2, 0) is 0 Å². The Bertz CT molecular complexity index is 2140. The normalized spacial score (nSPS) is 11.5. The van der Waals surface area contributed by atoms with Crippen molar-refractivity contribution in [1.29, 1.82) is 0 Å². The molecule has 5 aromatic carbocycles. The first-order valence-electron chi connectivity index (χ1n) is 13.4. The Morgan fingerprint density at radius 3 is 2.00 bits per heavy atom. The minimum Gasteiger partial charge on any atom is -0.309 e. The number of benzene rings is 5. The van der Waals surface area contributed by atoms with Gasteiger partial charge >= 0.3 is 0 Å². The second kappa shape index (κ2) is 9.07. The van der Waals surface area contributed by atoms with Crippen molar-refractivity contribution in [1.82, 2.24) is 19.1 Å². The predicted molar refractivity (Wildman–Crippen MR) is 164 cm³/mol. The lowest BCUT2D eigenvalue weighted by atomic mass is 10.1. The number of hydrogen-bond donors (Lipinski definition) is 0. The van der Waals surface area contributed by atoms with E-state index >= 15 is 0 Å². The fraction of sp³-hybridized carbons (Fsp3) is 0. The zero-order chi connectivity index (χ0) is 26.5. The summed E-state index contributed by atoms with van der Waals surface area (Å²) in [4.78, 5) is 10.1. The molecule has 8 rings (SSSR count). The van der Waals surface area contributed by atoms with E-state index in [-0.39, 0.29) is 0 Å². The second-order valence-corrected chi connectivity index (χ2v) is 9.92. The van der Waals surface area contributed by atoms with Crippen LogP contribution in [0.1, 0.15) is 0 Å². The molecule has 3 heterocycles. The highest BCUT2D eigenvalue weighted by atomic mass is 15.1. The van der Waals surface area contributed by atoms with E-state index in [2.05, 4.69) is 124 Å². The molecule has 0 atom stereocenters. The van der Waals surface area contributed by atoms with Crippen molar-refractivity contribution in [3.63, 3.8) is 0 Å². The SMILES string of the molecule is c1ccc(-c2cccc(-n3c(-c4ccccn4)nc4c5c6ccccc6n(-c6ccccc6)c5ccc43)c2)cc1. The van der Waals surface area contributed by atoms with Crippen molar-refractivity contribution in [2.45, 2.75) is 0 Å². The highest BCUT2D eigenvalue weighted by Crippen LogP contribution is 2.39. The lowest BCUT2D eigenvalue weighted by Gasteiger charge is -2.11. The molecule has 0 saturated heterocycles. The van der Waals surface area contributed by atoms with Gasteiger partial charge in [0.25, 0.3) is 0 Å². The predicted octanol–water partition coefficient (Wildman–Crippen LogP) is 8.85. The first-order chi connectivity index (χ1) is 19.9. The van der Waals surface area contributed by atoms with Gasteiger partial charge in [-0.05, 0) is 65.7 Å². The molecule has 0 aliphatic rings. The number of fused-ring (bicyclic) bond motifs is 5. The standard InChI is InChI=1S/C36H24N4/c1-3-12-25(13-4-1)26-14-11-17-28(24-26)40-33-22-21-32-34(35(33)38-36(40)30-19-9-10-23-37-30)29-18-7-8-20-31(29)39(32)27-15-5-2-6-16-27/h1-24H. The van der Waals surface area contributed by atoms with Crippen molar-refractivity contribution in [2.75, 3.05) is 0 Å². The van der Waals surface area contributed by atoms with Crippen LogP contribution in [0.25, 0.3) is 66.9 Å². The van der Waals surface area contributed by atoms with Crippen LogP contribution in [0.15, 0.2) is 146 Å². The van der Waals surface area contributed by atoms with Crippen molar-refractivity contribution < 1.29 is 0 Å². The molecule has 0 radical (unpaired) electrons. The summed E-state index contributed by atoms with van der Waals surface area (Å²) in [7, 11) is 0. The first-order valence-corrected chi connectivity index (χ1v) is 13.4. The first kappa shape index (κ1) is 22.5. The minimum absolute atomic E-state index is 0.824. The van der Waals surface area contributed by atoms with Crippen molar-refractivity contribution in [2.24, 2.45) is 0 Å². The number of rotatable bonds is 4. The number of nitrogens with zero attached hydrogens (tertiary/aromatic N) is 4. The molecule has 3 aromatic heterocycles. The smallest absolute Gasteiger partial charge is 0.164 e. The number of imidazole rings is 1. The molecular formula is C36H24N4. The molecule has 0 unspecified atom stereocenters. The summed E-state index contributed by atoms with van der Waals surface area (Å²) in [5, 5.41) is 2.33. The molecule has 0 amide bonds. The maximum absolute atomic E-state index is 5.33. The van der Waals surface area contributed by atoms with Crippen LogP contribution in [0.3, 0.4) is 0 Å². The lowest BCUT2D eigenvalue weighted by Crippen LogP contribution is -1.99. The third kappa shape index (κ3) is 3.47. The van der Waals surface area contributed by atoms with Crippen molar-refractivity contribution in [3.05, 3.63) is 146 Å². The molecule has 4 nitrogen and oxygen atoms in total. The number of para-hydroxylation sites is 2. The molecule has 0 N–H and O–H groups in total. The van der Waals surface area contributed by atoms with Crippen LogP contribution in [0.4, 0.5) is 0 Å². The number of pyridine rings is 1. The minimum atomic E-state index is 0.824. The van der Waals surface area contributed by atoms with Crippen molar-refractivity contribution >= 4 is 32.8 Å². The van der Waals surface area contributed by atoms with Gasteiger partial charge in [0.05, 0.1) is 22.1 Å². The summed E-state index contributed by atoms with van der Waals surface area (Å²) < 4.78 is 4.58. The molecular weight excluding hydrogens is 488 g/mol. The topological polar surface area (TPSA) is 35.6 Å².